The maximum Gasteiger partial charge on any atom is 0.379 e. The number of nitrogens with one attached hydrogen (secondary N) is 1. The zero-order chi connectivity index (χ0) is 6.78. The van der Waals surface area contributed by atoms with Gasteiger partial charge in [-0.2, -0.15) is 12.6 Å². The first-order valence-electron chi connectivity index (χ1n) is 1.33. The molecule has 0 aliphatic heterocycles. The second-order valence-electron chi connectivity index (χ2n) is 0.814. The largest absolute Gasteiger partial charge is 0.379 e. The van der Waals surface area contributed by atoms with E-state index in [9.17, 15) is 21.1 Å². The fraction of sp³-hybridized carbons (Fsp3) is 0. The SMILES string of the molecule is O=[PH](F)NS(=O)(=O)F. The molecule has 0 heterocycles. The molecule has 0 aromatic heterocycles. The number of halogens is 2. The molecule has 4 nitrogen and oxygen atoms in total. The summed E-state index contributed by atoms with van der Waals surface area (Å²) in [6.45, 7) is 0. The summed E-state index contributed by atoms with van der Waals surface area (Å²) in [4.78, 5) is 0. The summed E-state index contributed by atoms with van der Waals surface area (Å²) in [6, 6.07) is 0. The second kappa shape index (κ2) is 2.52. The van der Waals surface area contributed by atoms with Crippen LogP contribution in [0.25, 0.3) is 0 Å². The van der Waals surface area contributed by atoms with Crippen LogP contribution in [0.1, 0.15) is 0 Å². The van der Waals surface area contributed by atoms with Crippen LogP contribution in [0.4, 0.5) is 8.08 Å². The fourth-order valence-electron chi connectivity index (χ4n) is 0.0958. The lowest BCUT2D eigenvalue weighted by atomic mass is 13.9. The number of hydrogen-bond acceptors (Lipinski definition) is 3. The van der Waals surface area contributed by atoms with E-state index in [-0.39, 0.29) is 0 Å². The lowest BCUT2D eigenvalue weighted by Crippen LogP contribution is -2.07. The Balaban J connectivity index is 3.95. The molecule has 0 aromatic rings. The lowest BCUT2D eigenvalue weighted by molar-refractivity contribution is 0.534. The average Bonchev–Trinajstić information content (AvgIpc) is 1.21. The van der Waals surface area contributed by atoms with E-state index in [4.69, 9.17) is 0 Å². The van der Waals surface area contributed by atoms with E-state index in [0.717, 1.165) is 0 Å². The van der Waals surface area contributed by atoms with Gasteiger partial charge in [0.2, 0.25) is 0 Å². The van der Waals surface area contributed by atoms with Crippen molar-refractivity contribution in [2.24, 2.45) is 0 Å². The molecule has 0 radical (unpaired) electrons. The van der Waals surface area contributed by atoms with Gasteiger partial charge < -0.3 is 0 Å². The van der Waals surface area contributed by atoms with E-state index in [1.54, 1.807) is 0 Å². The Hall–Kier alpha value is -0.0000000000000000555. The number of rotatable bonds is 2. The van der Waals surface area contributed by atoms with Crippen LogP contribution < -0.4 is 4.49 Å². The van der Waals surface area contributed by atoms with Gasteiger partial charge in [0.25, 0.3) is 0 Å². The summed E-state index contributed by atoms with van der Waals surface area (Å²) in [5.74, 6) is 0. The van der Waals surface area contributed by atoms with Crippen LogP contribution in [0, 0.1) is 0 Å². The summed E-state index contributed by atoms with van der Waals surface area (Å²) < 4.78 is 50.4. The van der Waals surface area contributed by atoms with E-state index < -0.39 is 18.7 Å². The highest BCUT2D eigenvalue weighted by Gasteiger charge is 2.07. The summed E-state index contributed by atoms with van der Waals surface area (Å²) in [5, 5.41) is 0. The molecule has 0 spiro atoms. The quantitative estimate of drug-likeness (QED) is 0.467. The molecule has 8 heteroatoms. The topological polar surface area (TPSA) is 63.2 Å². The third kappa shape index (κ3) is 6.00. The van der Waals surface area contributed by atoms with Gasteiger partial charge in [0, 0.05) is 0 Å². The smallest absolute Gasteiger partial charge is 0.272 e. The van der Waals surface area contributed by atoms with Gasteiger partial charge >= 0.3 is 18.7 Å². The molecule has 50 valence electrons. The van der Waals surface area contributed by atoms with Crippen LogP contribution >= 0.6 is 8.26 Å². The standard InChI is InChI=1S/F2H2NO3PS/c1-7(4)3-8(2,5)6/h7H,(H,3,4). The molecule has 1 unspecified atom stereocenters. The fourth-order valence-corrected chi connectivity index (χ4v) is 0.863. The molecule has 0 aliphatic carbocycles. The third-order valence-electron chi connectivity index (χ3n) is 0.202. The van der Waals surface area contributed by atoms with Gasteiger partial charge in [0.1, 0.15) is 0 Å². The molecule has 0 rings (SSSR count). The van der Waals surface area contributed by atoms with E-state index in [2.05, 4.69) is 0 Å². The molecular weight excluding hydrogens is 163 g/mol. The van der Waals surface area contributed by atoms with Crippen molar-refractivity contribution in [1.29, 1.82) is 0 Å². The van der Waals surface area contributed by atoms with Crippen LogP contribution in [0.5, 0.6) is 0 Å². The summed E-state index contributed by atoms with van der Waals surface area (Å²) >= 11 is 0. The van der Waals surface area contributed by atoms with Crippen molar-refractivity contribution in [3.63, 3.8) is 0 Å². The molecule has 1 atom stereocenters. The molecule has 0 aliphatic rings. The van der Waals surface area contributed by atoms with Crippen molar-refractivity contribution in [3.8, 4) is 0 Å². The Morgan fingerprint density at radius 2 is 1.88 bits per heavy atom. The van der Waals surface area contributed by atoms with Crippen molar-refractivity contribution in [3.05, 3.63) is 0 Å². The Morgan fingerprint density at radius 3 is 1.88 bits per heavy atom. The minimum Gasteiger partial charge on any atom is -0.272 e. The lowest BCUT2D eigenvalue weighted by Gasteiger charge is -1.85. The van der Waals surface area contributed by atoms with Crippen molar-refractivity contribution >= 4 is 18.7 Å². The van der Waals surface area contributed by atoms with Gasteiger partial charge in [0.05, 0.1) is 0 Å². The van der Waals surface area contributed by atoms with Crippen molar-refractivity contribution in [1.82, 2.24) is 4.49 Å². The first-order chi connectivity index (χ1) is 3.42. The van der Waals surface area contributed by atoms with Gasteiger partial charge in [-0.3, -0.25) is 4.57 Å². The van der Waals surface area contributed by atoms with Gasteiger partial charge in [-0.05, 0) is 0 Å². The summed E-state index contributed by atoms with van der Waals surface area (Å²) in [5.41, 5.74) is 0. The zero-order valence-electron chi connectivity index (χ0n) is 3.39. The predicted octanol–water partition coefficient (Wildman–Crippen LogP) is 0.149. The van der Waals surface area contributed by atoms with E-state index in [0.29, 0.717) is 4.49 Å². The van der Waals surface area contributed by atoms with Gasteiger partial charge in [-0.25, -0.2) is 0 Å². The summed E-state index contributed by atoms with van der Waals surface area (Å²) in [6.07, 6.45) is 0. The van der Waals surface area contributed by atoms with Crippen LogP contribution in [-0.2, 0) is 15.0 Å². The van der Waals surface area contributed by atoms with E-state index in [1.165, 1.54) is 0 Å². The Labute approximate surface area is 45.2 Å². The molecule has 1 N–H and O–H groups in total. The van der Waals surface area contributed by atoms with Gasteiger partial charge in [0.15, 0.2) is 0 Å². The highest BCUT2D eigenvalue weighted by Crippen LogP contribution is 2.16. The highest BCUT2D eigenvalue weighted by atomic mass is 32.3. The average molecular weight is 165 g/mol. The molecule has 0 saturated carbocycles. The Morgan fingerprint density at radius 1 is 1.50 bits per heavy atom. The maximum atomic E-state index is 11.1. The number of hydrogen-bond donors (Lipinski definition) is 1. The third-order valence-corrected chi connectivity index (χ3v) is 1.82. The first kappa shape index (κ1) is 8.00. The minimum absolute atomic E-state index is 0.567. The van der Waals surface area contributed by atoms with Crippen molar-refractivity contribution < 1.29 is 21.1 Å². The second-order valence-corrected chi connectivity index (χ2v) is 3.05. The summed E-state index contributed by atoms with van der Waals surface area (Å²) in [7, 11) is -9.07. The Bertz CT molecular complexity index is 183. The molecule has 0 bridgehead atoms. The molecule has 8 heavy (non-hydrogen) atoms. The highest BCUT2D eigenvalue weighted by molar-refractivity contribution is 7.88. The van der Waals surface area contributed by atoms with Crippen LogP contribution in [0.3, 0.4) is 0 Å². The van der Waals surface area contributed by atoms with Crippen LogP contribution in [0.2, 0.25) is 0 Å². The molecule has 0 saturated heterocycles. The maximum absolute atomic E-state index is 11.1. The van der Waals surface area contributed by atoms with Crippen LogP contribution in [-0.4, -0.2) is 8.42 Å². The van der Waals surface area contributed by atoms with Crippen LogP contribution in [0.15, 0.2) is 0 Å². The predicted molar refractivity (Wildman–Crippen MR) is 23.3 cm³/mol. The Kier molecular flexibility index (Phi) is 2.52. The van der Waals surface area contributed by atoms with Crippen molar-refractivity contribution in [2.75, 3.05) is 0 Å². The van der Waals surface area contributed by atoms with E-state index >= 15 is 0 Å². The molecule has 0 amide bonds. The minimum atomic E-state index is -5.12. The van der Waals surface area contributed by atoms with Gasteiger partial charge in [-0.15, -0.1) is 4.49 Å². The molecular formula is H2F2NO3PS. The van der Waals surface area contributed by atoms with E-state index in [1.807, 2.05) is 0 Å². The van der Waals surface area contributed by atoms with Crippen molar-refractivity contribution in [2.45, 2.75) is 0 Å². The normalized spacial score (nSPS) is 15.8. The first-order valence-corrected chi connectivity index (χ1v) is 4.00. The molecule has 0 aromatic carbocycles. The molecule has 0 fully saturated rings. The zero-order valence-corrected chi connectivity index (χ0v) is 5.21. The van der Waals surface area contributed by atoms with Gasteiger partial charge in [-0.1, -0.05) is 3.89 Å². The monoisotopic (exact) mass is 165 g/mol.